The van der Waals surface area contributed by atoms with Crippen LogP contribution in [0.5, 0.6) is 0 Å². The van der Waals surface area contributed by atoms with Crippen LogP contribution >= 0.6 is 0 Å². The fraction of sp³-hybridized carbons (Fsp3) is 0.421. The summed E-state index contributed by atoms with van der Waals surface area (Å²) < 4.78 is 10.9. The van der Waals surface area contributed by atoms with Crippen LogP contribution in [0.3, 0.4) is 0 Å². The van der Waals surface area contributed by atoms with Crippen LogP contribution in [-0.2, 0) is 9.53 Å². The molecule has 0 radical (unpaired) electrons. The average molecular weight is 355 g/mol. The Labute approximate surface area is 151 Å². The summed E-state index contributed by atoms with van der Waals surface area (Å²) in [4.78, 5) is 28.7. The fourth-order valence-electron chi connectivity index (χ4n) is 3.67. The van der Waals surface area contributed by atoms with Crippen molar-refractivity contribution in [3.05, 3.63) is 47.9 Å². The quantitative estimate of drug-likeness (QED) is 0.822. The summed E-state index contributed by atoms with van der Waals surface area (Å²) in [7, 11) is 0. The van der Waals surface area contributed by atoms with Gasteiger partial charge >= 0.3 is 0 Å². The smallest absolute Gasteiger partial charge is 0.276 e. The lowest BCUT2D eigenvalue weighted by Gasteiger charge is -2.37. The number of amides is 2. The van der Waals surface area contributed by atoms with Crippen LogP contribution in [0.15, 0.2) is 40.9 Å². The molecular weight excluding hydrogens is 334 g/mol. The molecule has 0 aliphatic carbocycles. The molecule has 0 saturated carbocycles. The lowest BCUT2D eigenvalue weighted by molar-refractivity contribution is -0.124. The Morgan fingerprint density at radius 1 is 1.23 bits per heavy atom. The first-order valence-electron chi connectivity index (χ1n) is 8.81. The summed E-state index contributed by atoms with van der Waals surface area (Å²) in [6.07, 6.45) is 0.694. The lowest BCUT2D eigenvalue weighted by atomic mass is 9.93. The van der Waals surface area contributed by atoms with Crippen molar-refractivity contribution in [3.8, 4) is 0 Å². The van der Waals surface area contributed by atoms with Gasteiger partial charge in [-0.1, -0.05) is 23.4 Å². The number of aryl methyl sites for hydroxylation is 1. The van der Waals surface area contributed by atoms with E-state index in [1.807, 2.05) is 30.3 Å². The van der Waals surface area contributed by atoms with E-state index in [1.165, 1.54) is 0 Å². The van der Waals surface area contributed by atoms with Crippen molar-refractivity contribution in [2.45, 2.75) is 19.4 Å². The fourth-order valence-corrected chi connectivity index (χ4v) is 3.67. The van der Waals surface area contributed by atoms with Crippen molar-refractivity contribution in [1.29, 1.82) is 0 Å². The Balaban J connectivity index is 1.52. The molecule has 0 spiro atoms. The second-order valence-electron chi connectivity index (χ2n) is 6.81. The van der Waals surface area contributed by atoms with Crippen molar-refractivity contribution in [3.63, 3.8) is 0 Å². The molecule has 1 aromatic carbocycles. The van der Waals surface area contributed by atoms with Gasteiger partial charge in [-0.05, 0) is 25.5 Å². The molecule has 2 saturated heterocycles. The van der Waals surface area contributed by atoms with E-state index in [2.05, 4.69) is 5.16 Å². The third-order valence-corrected chi connectivity index (χ3v) is 5.01. The molecule has 7 heteroatoms. The van der Waals surface area contributed by atoms with Crippen molar-refractivity contribution < 1.29 is 18.8 Å². The van der Waals surface area contributed by atoms with E-state index in [0.29, 0.717) is 37.5 Å². The first-order valence-corrected chi connectivity index (χ1v) is 8.81. The van der Waals surface area contributed by atoms with Gasteiger partial charge in [-0.25, -0.2) is 0 Å². The number of nitrogens with zero attached hydrogens (tertiary/aromatic N) is 3. The summed E-state index contributed by atoms with van der Waals surface area (Å²) >= 11 is 0. The van der Waals surface area contributed by atoms with Gasteiger partial charge in [0.05, 0.1) is 6.10 Å². The highest BCUT2D eigenvalue weighted by Gasteiger charge is 2.38. The highest BCUT2D eigenvalue weighted by Crippen LogP contribution is 2.27. The topological polar surface area (TPSA) is 75.9 Å². The molecule has 2 aliphatic rings. The van der Waals surface area contributed by atoms with Gasteiger partial charge in [-0.15, -0.1) is 0 Å². The van der Waals surface area contributed by atoms with Crippen LogP contribution in [0.2, 0.25) is 0 Å². The van der Waals surface area contributed by atoms with Gasteiger partial charge in [0, 0.05) is 37.3 Å². The maximum atomic E-state index is 12.7. The molecule has 2 aliphatic heterocycles. The Morgan fingerprint density at radius 2 is 2.04 bits per heavy atom. The van der Waals surface area contributed by atoms with Crippen molar-refractivity contribution >= 4 is 17.5 Å². The summed E-state index contributed by atoms with van der Waals surface area (Å²) in [5.41, 5.74) is 1.18. The molecule has 3 heterocycles. The van der Waals surface area contributed by atoms with Gasteiger partial charge in [0.15, 0.2) is 5.69 Å². The minimum absolute atomic E-state index is 0.0178. The molecule has 0 N–H and O–H groups in total. The Morgan fingerprint density at radius 3 is 2.77 bits per heavy atom. The zero-order chi connectivity index (χ0) is 18.1. The molecule has 7 nitrogen and oxygen atoms in total. The SMILES string of the molecule is Cc1cc(C(=O)N2CC[C@@H]3OCC(=O)N(c4ccccc4)C[C@H]3C2)no1. The number of ether oxygens (including phenoxy) is 1. The molecule has 4 rings (SSSR count). The maximum absolute atomic E-state index is 12.7. The number of rotatable bonds is 2. The molecule has 2 amide bonds. The predicted molar refractivity (Wildman–Crippen MR) is 93.8 cm³/mol. The average Bonchev–Trinajstić information content (AvgIpc) is 3.03. The number of aromatic nitrogens is 1. The van der Waals surface area contributed by atoms with E-state index in [9.17, 15) is 9.59 Å². The molecular formula is C19H21N3O4. The second kappa shape index (κ2) is 6.92. The molecule has 2 aromatic rings. The zero-order valence-corrected chi connectivity index (χ0v) is 14.6. The van der Waals surface area contributed by atoms with Crippen molar-refractivity contribution in [1.82, 2.24) is 10.1 Å². The molecule has 136 valence electrons. The number of anilines is 1. The molecule has 26 heavy (non-hydrogen) atoms. The van der Waals surface area contributed by atoms with Gasteiger partial charge in [-0.3, -0.25) is 9.59 Å². The summed E-state index contributed by atoms with van der Waals surface area (Å²) in [5.74, 6) is 0.493. The van der Waals surface area contributed by atoms with E-state index in [-0.39, 0.29) is 30.4 Å². The number of benzene rings is 1. The van der Waals surface area contributed by atoms with Crippen molar-refractivity contribution in [2.75, 3.05) is 31.1 Å². The monoisotopic (exact) mass is 355 g/mol. The van der Waals surface area contributed by atoms with E-state index >= 15 is 0 Å². The first kappa shape index (κ1) is 16.8. The van der Waals surface area contributed by atoms with Gasteiger partial charge in [0.2, 0.25) is 0 Å². The van der Waals surface area contributed by atoms with Gasteiger partial charge in [0.1, 0.15) is 12.4 Å². The number of carbonyl (C=O) groups is 2. The number of fused-ring (bicyclic) bond motifs is 1. The Hall–Kier alpha value is -2.67. The summed E-state index contributed by atoms with van der Waals surface area (Å²) in [6.45, 7) is 3.50. The Bertz CT molecular complexity index is 804. The third kappa shape index (κ3) is 3.22. The predicted octanol–water partition coefficient (Wildman–Crippen LogP) is 1.88. The van der Waals surface area contributed by atoms with E-state index in [1.54, 1.807) is 22.8 Å². The molecule has 2 fully saturated rings. The number of piperidine rings is 1. The van der Waals surface area contributed by atoms with Crippen LogP contribution in [0.4, 0.5) is 5.69 Å². The van der Waals surface area contributed by atoms with Crippen LogP contribution in [-0.4, -0.2) is 54.2 Å². The van der Waals surface area contributed by atoms with Crippen LogP contribution < -0.4 is 4.90 Å². The Kier molecular flexibility index (Phi) is 4.46. The molecule has 1 aromatic heterocycles. The van der Waals surface area contributed by atoms with E-state index in [0.717, 1.165) is 5.69 Å². The molecule has 0 unspecified atom stereocenters. The second-order valence-corrected chi connectivity index (χ2v) is 6.81. The van der Waals surface area contributed by atoms with Crippen molar-refractivity contribution in [2.24, 2.45) is 5.92 Å². The van der Waals surface area contributed by atoms with Gasteiger partial charge in [0.25, 0.3) is 11.8 Å². The van der Waals surface area contributed by atoms with Crippen LogP contribution in [0.1, 0.15) is 22.7 Å². The highest BCUT2D eigenvalue weighted by atomic mass is 16.5. The summed E-state index contributed by atoms with van der Waals surface area (Å²) in [5, 5.41) is 3.83. The maximum Gasteiger partial charge on any atom is 0.276 e. The highest BCUT2D eigenvalue weighted by molar-refractivity contribution is 5.95. The normalized spacial score (nSPS) is 23.5. The lowest BCUT2D eigenvalue weighted by Crippen LogP contribution is -2.49. The van der Waals surface area contributed by atoms with Gasteiger partial charge in [-0.2, -0.15) is 0 Å². The number of hydrogen-bond acceptors (Lipinski definition) is 5. The van der Waals surface area contributed by atoms with Crippen LogP contribution in [0, 0.1) is 12.8 Å². The summed E-state index contributed by atoms with van der Waals surface area (Å²) in [6, 6.07) is 11.2. The number of hydrogen-bond donors (Lipinski definition) is 0. The molecule has 2 atom stereocenters. The number of likely N-dealkylation sites (tertiary alicyclic amines) is 1. The number of carbonyl (C=O) groups excluding carboxylic acids is 2. The minimum Gasteiger partial charge on any atom is -0.368 e. The van der Waals surface area contributed by atoms with E-state index in [4.69, 9.17) is 9.26 Å². The van der Waals surface area contributed by atoms with Gasteiger partial charge < -0.3 is 19.1 Å². The van der Waals surface area contributed by atoms with E-state index < -0.39 is 0 Å². The molecule has 0 bridgehead atoms. The third-order valence-electron chi connectivity index (χ3n) is 5.01. The zero-order valence-electron chi connectivity index (χ0n) is 14.6. The number of para-hydroxylation sites is 1. The minimum atomic E-state index is -0.137. The van der Waals surface area contributed by atoms with Crippen LogP contribution in [0.25, 0.3) is 0 Å². The standard InChI is InChI=1S/C19H21N3O4/c1-13-9-16(20-26-13)19(24)21-8-7-17-14(10-21)11-22(18(23)12-25-17)15-5-3-2-4-6-15/h2-6,9,14,17H,7-8,10-12H2,1H3/t14-,17+/m1/s1. The largest absolute Gasteiger partial charge is 0.368 e. The first-order chi connectivity index (χ1) is 12.6.